The largest absolute Gasteiger partial charge is 0.294 e. The Bertz CT molecular complexity index is 619. The highest BCUT2D eigenvalue weighted by Crippen LogP contribution is 2.09. The van der Waals surface area contributed by atoms with Crippen molar-refractivity contribution in [2.45, 2.75) is 17.7 Å². The maximum Gasteiger partial charge on any atom is 0.294 e. The lowest BCUT2D eigenvalue weighted by Gasteiger charge is -2.17. The van der Waals surface area contributed by atoms with E-state index in [1.165, 1.54) is 5.01 Å². The molecule has 0 radical (unpaired) electrons. The fourth-order valence-corrected chi connectivity index (χ4v) is 2.16. The zero-order valence-electron chi connectivity index (χ0n) is 8.74. The SMILES string of the molecule is O=C1CCCN1n1ccc(S(=O)(=O)O)cc1=O. The molecule has 1 fully saturated rings. The summed E-state index contributed by atoms with van der Waals surface area (Å²) in [6.45, 7) is 0.421. The molecule has 0 aliphatic carbocycles. The molecule has 7 nitrogen and oxygen atoms in total. The Morgan fingerprint density at radius 1 is 1.29 bits per heavy atom. The van der Waals surface area contributed by atoms with Gasteiger partial charge in [-0.3, -0.25) is 14.1 Å². The Hall–Kier alpha value is -1.67. The first-order chi connectivity index (χ1) is 7.89. The van der Waals surface area contributed by atoms with Crippen LogP contribution in [0.25, 0.3) is 0 Å². The minimum atomic E-state index is -4.40. The van der Waals surface area contributed by atoms with Gasteiger partial charge in [0.2, 0.25) is 5.91 Å². The van der Waals surface area contributed by atoms with E-state index in [0.717, 1.165) is 23.0 Å². The molecule has 0 aromatic carbocycles. The van der Waals surface area contributed by atoms with Crippen molar-refractivity contribution in [1.82, 2.24) is 4.68 Å². The van der Waals surface area contributed by atoms with Gasteiger partial charge in [0.15, 0.2) is 0 Å². The van der Waals surface area contributed by atoms with E-state index in [2.05, 4.69) is 0 Å². The standard InChI is InChI=1S/C9H10N2O5S/c12-8-2-1-4-10(8)11-5-3-7(6-9(11)13)17(14,15)16/h3,5-6H,1-2,4H2,(H,14,15,16). The van der Waals surface area contributed by atoms with Crippen LogP contribution in [0.1, 0.15) is 12.8 Å². The fraction of sp³-hybridized carbons (Fsp3) is 0.333. The molecule has 92 valence electrons. The molecule has 2 heterocycles. The van der Waals surface area contributed by atoms with Crippen LogP contribution in [0.3, 0.4) is 0 Å². The third-order valence-electron chi connectivity index (χ3n) is 2.48. The normalized spacial score (nSPS) is 16.5. The van der Waals surface area contributed by atoms with Crippen LogP contribution in [0.15, 0.2) is 28.0 Å². The second kappa shape index (κ2) is 3.97. The first-order valence-corrected chi connectivity index (χ1v) is 6.34. The summed E-state index contributed by atoms with van der Waals surface area (Å²) in [5, 5.41) is 1.25. The van der Waals surface area contributed by atoms with E-state index in [0.29, 0.717) is 19.4 Å². The number of hydrogen-bond donors (Lipinski definition) is 1. The third kappa shape index (κ3) is 2.22. The quantitative estimate of drug-likeness (QED) is 0.711. The zero-order chi connectivity index (χ0) is 12.6. The topological polar surface area (TPSA) is 96.7 Å². The van der Waals surface area contributed by atoms with Crippen LogP contribution in [0.5, 0.6) is 0 Å². The van der Waals surface area contributed by atoms with Crippen LogP contribution in [0.2, 0.25) is 0 Å². The molecule has 0 bridgehead atoms. The van der Waals surface area contributed by atoms with Crippen molar-refractivity contribution in [3.05, 3.63) is 28.7 Å². The first-order valence-electron chi connectivity index (χ1n) is 4.90. The molecule has 17 heavy (non-hydrogen) atoms. The van der Waals surface area contributed by atoms with Gasteiger partial charge in [-0.05, 0) is 12.5 Å². The Morgan fingerprint density at radius 2 is 2.00 bits per heavy atom. The van der Waals surface area contributed by atoms with Gasteiger partial charge < -0.3 is 0 Å². The minimum absolute atomic E-state index is 0.188. The summed E-state index contributed by atoms with van der Waals surface area (Å²) in [6.07, 6.45) is 2.19. The molecule has 0 spiro atoms. The van der Waals surface area contributed by atoms with E-state index in [-0.39, 0.29) is 5.91 Å². The van der Waals surface area contributed by atoms with Crippen molar-refractivity contribution >= 4 is 16.0 Å². The molecular formula is C9H10N2O5S. The highest BCUT2D eigenvalue weighted by atomic mass is 32.2. The van der Waals surface area contributed by atoms with Crippen LogP contribution in [0, 0.1) is 0 Å². The van der Waals surface area contributed by atoms with Gasteiger partial charge in [0, 0.05) is 25.2 Å². The van der Waals surface area contributed by atoms with Gasteiger partial charge >= 0.3 is 0 Å². The average Bonchev–Trinajstić information content (AvgIpc) is 2.63. The van der Waals surface area contributed by atoms with Gasteiger partial charge in [0.05, 0.1) is 0 Å². The molecule has 1 aromatic heterocycles. The Morgan fingerprint density at radius 3 is 2.47 bits per heavy atom. The van der Waals surface area contributed by atoms with Gasteiger partial charge in [0.1, 0.15) is 4.90 Å². The van der Waals surface area contributed by atoms with Crippen molar-refractivity contribution in [3.8, 4) is 0 Å². The summed E-state index contributed by atoms with van der Waals surface area (Å²) in [5.74, 6) is -0.188. The Kier molecular flexibility index (Phi) is 2.76. The first kappa shape index (κ1) is 11.8. The van der Waals surface area contributed by atoms with E-state index < -0.39 is 20.6 Å². The second-order valence-electron chi connectivity index (χ2n) is 3.64. The van der Waals surface area contributed by atoms with E-state index >= 15 is 0 Å². The summed E-state index contributed by atoms with van der Waals surface area (Å²) in [6, 6.07) is 1.85. The molecule has 2 rings (SSSR count). The molecule has 0 saturated carbocycles. The van der Waals surface area contributed by atoms with Gasteiger partial charge in [-0.15, -0.1) is 0 Å². The predicted molar refractivity (Wildman–Crippen MR) is 57.8 cm³/mol. The number of carbonyl (C=O) groups is 1. The lowest BCUT2D eigenvalue weighted by molar-refractivity contribution is -0.118. The summed E-state index contributed by atoms with van der Waals surface area (Å²) in [7, 11) is -4.40. The second-order valence-corrected chi connectivity index (χ2v) is 5.06. The fourth-order valence-electron chi connectivity index (χ4n) is 1.68. The van der Waals surface area contributed by atoms with Crippen molar-refractivity contribution in [1.29, 1.82) is 0 Å². The molecule has 1 amide bonds. The third-order valence-corrected chi connectivity index (χ3v) is 3.33. The lowest BCUT2D eigenvalue weighted by Crippen LogP contribution is -2.42. The van der Waals surface area contributed by atoms with E-state index in [1.54, 1.807) is 0 Å². The van der Waals surface area contributed by atoms with Crippen LogP contribution in [-0.2, 0) is 14.9 Å². The summed E-state index contributed by atoms with van der Waals surface area (Å²) in [4.78, 5) is 22.5. The van der Waals surface area contributed by atoms with Crippen LogP contribution in [0.4, 0.5) is 0 Å². The maximum atomic E-state index is 11.6. The number of hydrogen-bond acceptors (Lipinski definition) is 4. The molecule has 0 atom stereocenters. The molecular weight excluding hydrogens is 248 g/mol. The average molecular weight is 258 g/mol. The highest BCUT2D eigenvalue weighted by Gasteiger charge is 2.23. The molecule has 1 N–H and O–H groups in total. The molecule has 1 aromatic rings. The summed E-state index contributed by atoms with van der Waals surface area (Å²) < 4.78 is 31.4. The molecule has 0 unspecified atom stereocenters. The molecule has 1 aliphatic rings. The number of carbonyl (C=O) groups excluding carboxylic acids is 1. The van der Waals surface area contributed by atoms with Crippen LogP contribution >= 0.6 is 0 Å². The van der Waals surface area contributed by atoms with Crippen molar-refractivity contribution < 1.29 is 17.8 Å². The number of rotatable bonds is 2. The number of aromatic nitrogens is 1. The molecule has 1 aliphatic heterocycles. The van der Waals surface area contributed by atoms with E-state index in [9.17, 15) is 18.0 Å². The van der Waals surface area contributed by atoms with Gasteiger partial charge in [-0.25, -0.2) is 9.69 Å². The predicted octanol–water partition coefficient (Wildman–Crippen LogP) is -0.647. The smallest absolute Gasteiger partial charge is 0.282 e. The Labute approximate surface area is 97.0 Å². The van der Waals surface area contributed by atoms with Crippen LogP contribution < -0.4 is 10.6 Å². The van der Waals surface area contributed by atoms with Crippen molar-refractivity contribution in [2.24, 2.45) is 0 Å². The van der Waals surface area contributed by atoms with Gasteiger partial charge in [0.25, 0.3) is 15.7 Å². The summed E-state index contributed by atoms with van der Waals surface area (Å²) >= 11 is 0. The zero-order valence-corrected chi connectivity index (χ0v) is 9.55. The van der Waals surface area contributed by atoms with Crippen molar-refractivity contribution in [3.63, 3.8) is 0 Å². The molecule has 8 heteroatoms. The monoisotopic (exact) mass is 258 g/mol. The highest BCUT2D eigenvalue weighted by molar-refractivity contribution is 7.85. The van der Waals surface area contributed by atoms with E-state index in [4.69, 9.17) is 4.55 Å². The van der Waals surface area contributed by atoms with E-state index in [1.807, 2.05) is 0 Å². The number of amides is 1. The number of nitrogens with zero attached hydrogens (tertiary/aromatic N) is 2. The summed E-state index contributed by atoms with van der Waals surface area (Å²) in [5.41, 5.74) is -0.671. The van der Waals surface area contributed by atoms with Gasteiger partial charge in [-0.2, -0.15) is 8.42 Å². The van der Waals surface area contributed by atoms with Gasteiger partial charge in [-0.1, -0.05) is 0 Å². The minimum Gasteiger partial charge on any atom is -0.282 e. The Balaban J connectivity index is 2.46. The lowest BCUT2D eigenvalue weighted by atomic mass is 10.4. The van der Waals surface area contributed by atoms with Crippen molar-refractivity contribution in [2.75, 3.05) is 11.6 Å². The maximum absolute atomic E-state index is 11.6. The van der Waals surface area contributed by atoms with Crippen LogP contribution in [-0.4, -0.2) is 30.1 Å². The molecule has 1 saturated heterocycles. The number of pyridine rings is 1.